The number of amides is 2. The van der Waals surface area contributed by atoms with Crippen LogP contribution >= 0.6 is 0 Å². The molecule has 0 aliphatic carbocycles. The topological polar surface area (TPSA) is 46.6 Å². The van der Waals surface area contributed by atoms with Gasteiger partial charge in [-0.3, -0.25) is 14.5 Å². The van der Waals surface area contributed by atoms with Crippen molar-refractivity contribution < 1.29 is 14.3 Å². The summed E-state index contributed by atoms with van der Waals surface area (Å²) < 4.78 is 6.25. The van der Waals surface area contributed by atoms with E-state index in [0.717, 1.165) is 55.4 Å². The Bertz CT molecular complexity index is 1350. The number of carbonyl (C=O) groups is 2. The lowest BCUT2D eigenvalue weighted by Crippen LogP contribution is -2.30. The van der Waals surface area contributed by atoms with Crippen LogP contribution in [0.3, 0.4) is 0 Å². The van der Waals surface area contributed by atoms with E-state index in [1.165, 1.54) is 16.0 Å². The Kier molecular flexibility index (Phi) is 8.29. The first kappa shape index (κ1) is 25.5. The maximum absolute atomic E-state index is 12.5. The van der Waals surface area contributed by atoms with E-state index >= 15 is 0 Å². The number of benzene rings is 4. The van der Waals surface area contributed by atoms with Crippen molar-refractivity contribution in [1.82, 2.24) is 4.90 Å². The lowest BCUT2D eigenvalue weighted by molar-refractivity contribution is 0.0651. The molecule has 0 saturated carbocycles. The SMILES string of the molecule is O=C1c2ccccc2C(=O)N1CCCCCCCCOc1ccc(-c2ccccc2)cc1-c1ccccc1. The Morgan fingerprint density at radius 2 is 1.05 bits per heavy atom. The van der Waals surface area contributed by atoms with Crippen molar-refractivity contribution >= 4 is 11.8 Å². The zero-order chi connectivity index (χ0) is 26.2. The molecule has 0 radical (unpaired) electrons. The van der Waals surface area contributed by atoms with Gasteiger partial charge in [-0.05, 0) is 53.8 Å². The number of hydrogen-bond acceptors (Lipinski definition) is 3. The van der Waals surface area contributed by atoms with Gasteiger partial charge in [-0.15, -0.1) is 0 Å². The van der Waals surface area contributed by atoms with Crippen molar-refractivity contribution in [3.05, 3.63) is 114 Å². The van der Waals surface area contributed by atoms with Gasteiger partial charge in [0.2, 0.25) is 0 Å². The largest absolute Gasteiger partial charge is 0.493 e. The molecule has 2 amide bonds. The minimum absolute atomic E-state index is 0.158. The molecule has 0 bridgehead atoms. The summed E-state index contributed by atoms with van der Waals surface area (Å²) in [5, 5.41) is 0. The van der Waals surface area contributed by atoms with Gasteiger partial charge >= 0.3 is 0 Å². The molecular weight excluding hydrogens is 470 g/mol. The third-order valence-electron chi connectivity index (χ3n) is 7.08. The fraction of sp³-hybridized carbons (Fsp3) is 0.235. The third-order valence-corrected chi connectivity index (χ3v) is 7.08. The van der Waals surface area contributed by atoms with Gasteiger partial charge in [0.25, 0.3) is 11.8 Å². The average molecular weight is 504 g/mol. The van der Waals surface area contributed by atoms with E-state index in [0.29, 0.717) is 24.3 Å². The molecule has 5 rings (SSSR count). The van der Waals surface area contributed by atoms with Crippen molar-refractivity contribution in [3.8, 4) is 28.0 Å². The molecule has 192 valence electrons. The summed E-state index contributed by atoms with van der Waals surface area (Å²) in [7, 11) is 0. The zero-order valence-corrected chi connectivity index (χ0v) is 21.6. The summed E-state index contributed by atoms with van der Waals surface area (Å²) in [6.07, 6.45) is 6.14. The molecular formula is C34H33NO3. The third kappa shape index (κ3) is 5.86. The van der Waals surface area contributed by atoms with Gasteiger partial charge in [0.1, 0.15) is 5.75 Å². The van der Waals surface area contributed by atoms with E-state index in [1.54, 1.807) is 24.3 Å². The quantitative estimate of drug-likeness (QED) is 0.145. The summed E-state index contributed by atoms with van der Waals surface area (Å²) in [4.78, 5) is 26.3. The second-order valence-corrected chi connectivity index (χ2v) is 9.72. The molecule has 4 aromatic rings. The summed E-state index contributed by atoms with van der Waals surface area (Å²) in [5.41, 5.74) is 5.70. The smallest absolute Gasteiger partial charge is 0.261 e. The monoisotopic (exact) mass is 503 g/mol. The van der Waals surface area contributed by atoms with Gasteiger partial charge in [0.15, 0.2) is 0 Å². The molecule has 0 fully saturated rings. The normalized spacial score (nSPS) is 12.6. The van der Waals surface area contributed by atoms with Crippen LogP contribution in [-0.4, -0.2) is 29.9 Å². The lowest BCUT2D eigenvalue weighted by Gasteiger charge is -2.14. The second kappa shape index (κ2) is 12.4. The van der Waals surface area contributed by atoms with Crippen molar-refractivity contribution in [2.24, 2.45) is 0 Å². The number of fused-ring (bicyclic) bond motifs is 1. The van der Waals surface area contributed by atoms with Crippen molar-refractivity contribution in [2.75, 3.05) is 13.2 Å². The van der Waals surface area contributed by atoms with Crippen LogP contribution in [0.2, 0.25) is 0 Å². The molecule has 4 nitrogen and oxygen atoms in total. The highest BCUT2D eigenvalue weighted by Gasteiger charge is 2.34. The number of rotatable bonds is 12. The second-order valence-electron chi connectivity index (χ2n) is 9.72. The van der Waals surface area contributed by atoms with Gasteiger partial charge in [0.05, 0.1) is 17.7 Å². The van der Waals surface area contributed by atoms with E-state index in [-0.39, 0.29) is 11.8 Å². The summed E-state index contributed by atoms with van der Waals surface area (Å²) in [5.74, 6) is 0.598. The van der Waals surface area contributed by atoms with Crippen molar-refractivity contribution in [3.63, 3.8) is 0 Å². The summed E-state index contributed by atoms with van der Waals surface area (Å²) >= 11 is 0. The van der Waals surface area contributed by atoms with Gasteiger partial charge in [-0.25, -0.2) is 0 Å². The number of nitrogens with zero attached hydrogens (tertiary/aromatic N) is 1. The Balaban J connectivity index is 1.06. The molecule has 1 aliphatic rings. The minimum Gasteiger partial charge on any atom is -0.493 e. The number of imide groups is 1. The molecule has 4 heteroatoms. The predicted octanol–water partition coefficient (Wildman–Crippen LogP) is 8.04. The summed E-state index contributed by atoms with van der Waals surface area (Å²) in [6, 6.07) is 34.3. The van der Waals surface area contributed by atoms with Crippen molar-refractivity contribution in [1.29, 1.82) is 0 Å². The molecule has 1 heterocycles. The zero-order valence-electron chi connectivity index (χ0n) is 21.6. The van der Waals surface area contributed by atoms with Gasteiger partial charge in [-0.2, -0.15) is 0 Å². The van der Waals surface area contributed by atoms with Crippen LogP contribution in [0.5, 0.6) is 5.75 Å². The van der Waals surface area contributed by atoms with Crippen LogP contribution in [0.4, 0.5) is 0 Å². The van der Waals surface area contributed by atoms with Crippen LogP contribution in [-0.2, 0) is 0 Å². The highest BCUT2D eigenvalue weighted by molar-refractivity contribution is 6.21. The Morgan fingerprint density at radius 3 is 1.71 bits per heavy atom. The molecule has 0 saturated heterocycles. The first-order chi connectivity index (χ1) is 18.7. The molecule has 0 spiro atoms. The van der Waals surface area contributed by atoms with Crippen LogP contribution < -0.4 is 4.74 Å². The van der Waals surface area contributed by atoms with E-state index in [9.17, 15) is 9.59 Å². The van der Waals surface area contributed by atoms with Crippen molar-refractivity contribution in [2.45, 2.75) is 38.5 Å². The van der Waals surface area contributed by atoms with Crippen LogP contribution in [0.25, 0.3) is 22.3 Å². The van der Waals surface area contributed by atoms with E-state index in [4.69, 9.17) is 4.74 Å². The van der Waals surface area contributed by atoms with E-state index in [2.05, 4.69) is 66.7 Å². The molecule has 38 heavy (non-hydrogen) atoms. The Hall–Kier alpha value is -4.18. The maximum Gasteiger partial charge on any atom is 0.261 e. The van der Waals surface area contributed by atoms with Gasteiger partial charge < -0.3 is 4.74 Å². The standard InChI is InChI=1S/C34H33NO3/c36-33-29-19-11-12-20-30(29)34(37)35(33)23-13-3-1-2-4-14-24-38-32-22-21-28(26-15-7-5-8-16-26)25-31(32)27-17-9-6-10-18-27/h5-12,15-22,25H,1-4,13-14,23-24H2. The maximum atomic E-state index is 12.5. The first-order valence-corrected chi connectivity index (χ1v) is 13.6. The molecule has 0 unspecified atom stereocenters. The highest BCUT2D eigenvalue weighted by Crippen LogP contribution is 2.34. The van der Waals surface area contributed by atoms with Crippen LogP contribution in [0.15, 0.2) is 103 Å². The van der Waals surface area contributed by atoms with E-state index < -0.39 is 0 Å². The number of hydrogen-bond donors (Lipinski definition) is 0. The molecule has 0 aromatic heterocycles. The number of unbranched alkanes of at least 4 members (excludes halogenated alkanes) is 5. The molecule has 4 aromatic carbocycles. The fourth-order valence-corrected chi connectivity index (χ4v) is 5.01. The van der Waals surface area contributed by atoms with Crippen LogP contribution in [0, 0.1) is 0 Å². The summed E-state index contributed by atoms with van der Waals surface area (Å²) in [6.45, 7) is 1.18. The molecule has 0 atom stereocenters. The lowest BCUT2D eigenvalue weighted by atomic mass is 9.98. The first-order valence-electron chi connectivity index (χ1n) is 13.6. The Labute approximate surface area is 224 Å². The Morgan fingerprint density at radius 1 is 0.500 bits per heavy atom. The average Bonchev–Trinajstić information content (AvgIpc) is 3.22. The fourth-order valence-electron chi connectivity index (χ4n) is 5.01. The predicted molar refractivity (Wildman–Crippen MR) is 152 cm³/mol. The highest BCUT2D eigenvalue weighted by atomic mass is 16.5. The van der Waals surface area contributed by atoms with Gasteiger partial charge in [0, 0.05) is 12.1 Å². The van der Waals surface area contributed by atoms with E-state index in [1.807, 2.05) is 12.1 Å². The number of carbonyl (C=O) groups excluding carboxylic acids is 2. The molecule has 0 N–H and O–H groups in total. The minimum atomic E-state index is -0.158. The van der Waals surface area contributed by atoms with Crippen LogP contribution in [0.1, 0.15) is 59.2 Å². The number of ether oxygens (including phenoxy) is 1. The molecule has 1 aliphatic heterocycles. The van der Waals surface area contributed by atoms with Gasteiger partial charge in [-0.1, -0.05) is 105 Å².